The van der Waals surface area contributed by atoms with E-state index in [9.17, 15) is 13.2 Å². The van der Waals surface area contributed by atoms with Gasteiger partial charge in [0.1, 0.15) is 0 Å². The monoisotopic (exact) mass is 291 g/mol. The fourth-order valence-electron chi connectivity index (χ4n) is 1.38. The van der Waals surface area contributed by atoms with Gasteiger partial charge in [-0.05, 0) is 24.1 Å². The van der Waals surface area contributed by atoms with Crippen molar-refractivity contribution < 1.29 is 18.3 Å². The lowest BCUT2D eigenvalue weighted by Gasteiger charge is -2.11. The number of benzene rings is 1. The van der Waals surface area contributed by atoms with Gasteiger partial charge in [-0.25, -0.2) is 13.2 Å². The van der Waals surface area contributed by atoms with Crippen LogP contribution in [0.1, 0.15) is 24.2 Å². The molecule has 1 aromatic rings. The molecule has 0 bridgehead atoms. The van der Waals surface area contributed by atoms with E-state index in [1.807, 2.05) is 0 Å². The van der Waals surface area contributed by atoms with Crippen LogP contribution >= 0.6 is 11.6 Å². The molecule has 0 radical (unpaired) electrons. The van der Waals surface area contributed by atoms with Crippen LogP contribution < -0.4 is 4.72 Å². The van der Waals surface area contributed by atoms with Gasteiger partial charge in [-0.1, -0.05) is 25.4 Å². The lowest BCUT2D eigenvalue weighted by Crippen LogP contribution is -2.20. The number of carboxylic acids is 1. The fourth-order valence-corrected chi connectivity index (χ4v) is 3.07. The highest BCUT2D eigenvalue weighted by atomic mass is 35.5. The van der Waals surface area contributed by atoms with E-state index in [2.05, 4.69) is 4.72 Å². The molecule has 1 aromatic carbocycles. The summed E-state index contributed by atoms with van der Waals surface area (Å²) in [4.78, 5) is 10.8. The summed E-state index contributed by atoms with van der Waals surface area (Å²) in [6.45, 7) is 3.54. The largest absolute Gasteiger partial charge is 0.478 e. The minimum absolute atomic E-state index is 0.0263. The lowest BCUT2D eigenvalue weighted by atomic mass is 10.2. The van der Waals surface area contributed by atoms with Crippen LogP contribution in [0.4, 0.5) is 5.69 Å². The van der Waals surface area contributed by atoms with Crippen LogP contribution in [0.15, 0.2) is 18.2 Å². The lowest BCUT2D eigenvalue weighted by molar-refractivity contribution is 0.0697. The number of anilines is 1. The van der Waals surface area contributed by atoms with E-state index in [1.165, 1.54) is 18.2 Å². The van der Waals surface area contributed by atoms with Crippen LogP contribution in [0, 0.1) is 5.92 Å². The van der Waals surface area contributed by atoms with Gasteiger partial charge in [-0.3, -0.25) is 4.72 Å². The average Bonchev–Trinajstić information content (AvgIpc) is 2.18. The summed E-state index contributed by atoms with van der Waals surface area (Å²) in [6, 6.07) is 3.85. The summed E-state index contributed by atoms with van der Waals surface area (Å²) in [7, 11) is -3.53. The van der Waals surface area contributed by atoms with Crippen molar-refractivity contribution in [2.75, 3.05) is 10.5 Å². The molecular weight excluding hydrogens is 278 g/mol. The summed E-state index contributed by atoms with van der Waals surface area (Å²) in [5.74, 6) is -1.24. The van der Waals surface area contributed by atoms with Crippen molar-refractivity contribution in [3.05, 3.63) is 28.8 Å². The van der Waals surface area contributed by atoms with E-state index >= 15 is 0 Å². The first-order valence-corrected chi connectivity index (χ1v) is 7.27. The molecule has 0 aliphatic rings. The maximum Gasteiger partial charge on any atom is 0.335 e. The van der Waals surface area contributed by atoms with E-state index in [4.69, 9.17) is 16.7 Å². The zero-order chi connectivity index (χ0) is 13.9. The second-order valence-electron chi connectivity index (χ2n) is 4.28. The second kappa shape index (κ2) is 5.58. The minimum Gasteiger partial charge on any atom is -0.478 e. The summed E-state index contributed by atoms with van der Waals surface area (Å²) < 4.78 is 25.7. The first-order chi connectivity index (χ1) is 8.21. The smallest absolute Gasteiger partial charge is 0.335 e. The van der Waals surface area contributed by atoms with Crippen molar-refractivity contribution in [1.82, 2.24) is 0 Å². The average molecular weight is 292 g/mol. The normalized spacial score (nSPS) is 11.6. The van der Waals surface area contributed by atoms with Crippen LogP contribution in [0.2, 0.25) is 5.02 Å². The minimum atomic E-state index is -3.53. The third-order valence-electron chi connectivity index (χ3n) is 2.03. The maximum absolute atomic E-state index is 11.7. The van der Waals surface area contributed by atoms with Crippen LogP contribution in [-0.4, -0.2) is 25.2 Å². The van der Waals surface area contributed by atoms with Crippen LogP contribution in [0.3, 0.4) is 0 Å². The number of rotatable bonds is 5. The number of carboxylic acid groups (broad SMARTS) is 1. The molecule has 2 N–H and O–H groups in total. The molecule has 7 heteroatoms. The van der Waals surface area contributed by atoms with Gasteiger partial charge >= 0.3 is 5.97 Å². The van der Waals surface area contributed by atoms with Crippen LogP contribution in [-0.2, 0) is 10.0 Å². The summed E-state index contributed by atoms with van der Waals surface area (Å²) in [6.07, 6.45) is 0. The van der Waals surface area contributed by atoms with E-state index in [1.54, 1.807) is 13.8 Å². The van der Waals surface area contributed by atoms with Gasteiger partial charge < -0.3 is 5.11 Å². The Bertz CT molecular complexity index is 554. The van der Waals surface area contributed by atoms with Crippen molar-refractivity contribution in [2.24, 2.45) is 5.92 Å². The standard InChI is InChI=1S/C11H14ClNO4S/c1-7(2)6-18(16,17)13-10-5-8(11(14)15)3-4-9(10)12/h3-5,7,13H,6H2,1-2H3,(H,14,15). The molecule has 0 saturated heterocycles. The summed E-state index contributed by atoms with van der Waals surface area (Å²) in [5.41, 5.74) is 0.0545. The molecule has 0 spiro atoms. The van der Waals surface area contributed by atoms with Crippen molar-refractivity contribution >= 4 is 33.3 Å². The van der Waals surface area contributed by atoms with Gasteiger partial charge in [0.2, 0.25) is 10.0 Å². The Kier molecular flexibility index (Phi) is 4.59. The third kappa shape index (κ3) is 4.19. The topological polar surface area (TPSA) is 83.5 Å². The summed E-state index contributed by atoms with van der Waals surface area (Å²) >= 11 is 5.82. The molecule has 1 rings (SSSR count). The van der Waals surface area contributed by atoms with E-state index in [-0.39, 0.29) is 27.9 Å². The SMILES string of the molecule is CC(C)CS(=O)(=O)Nc1cc(C(=O)O)ccc1Cl. The number of hydrogen-bond acceptors (Lipinski definition) is 3. The highest BCUT2D eigenvalue weighted by Gasteiger charge is 2.16. The molecule has 0 aliphatic carbocycles. The third-order valence-corrected chi connectivity index (χ3v) is 4.00. The molecule has 0 atom stereocenters. The van der Waals surface area contributed by atoms with Crippen molar-refractivity contribution in [1.29, 1.82) is 0 Å². The van der Waals surface area contributed by atoms with E-state index in [0.29, 0.717) is 0 Å². The Morgan fingerprint density at radius 3 is 2.56 bits per heavy atom. The Morgan fingerprint density at radius 2 is 2.06 bits per heavy atom. The zero-order valence-corrected chi connectivity index (χ0v) is 11.5. The number of sulfonamides is 1. The highest BCUT2D eigenvalue weighted by molar-refractivity contribution is 7.92. The van der Waals surface area contributed by atoms with Gasteiger partial charge in [0, 0.05) is 0 Å². The molecule has 0 amide bonds. The van der Waals surface area contributed by atoms with Crippen molar-refractivity contribution in [3.63, 3.8) is 0 Å². The molecule has 5 nitrogen and oxygen atoms in total. The van der Waals surface area contributed by atoms with Crippen molar-refractivity contribution in [2.45, 2.75) is 13.8 Å². The maximum atomic E-state index is 11.7. The van der Waals surface area contributed by atoms with Gasteiger partial charge in [0.25, 0.3) is 0 Å². The number of aromatic carboxylic acids is 1. The Hall–Kier alpha value is -1.27. The first kappa shape index (κ1) is 14.8. The first-order valence-electron chi connectivity index (χ1n) is 5.24. The van der Waals surface area contributed by atoms with Crippen LogP contribution in [0.25, 0.3) is 0 Å². The molecule has 0 unspecified atom stereocenters. The Morgan fingerprint density at radius 1 is 1.44 bits per heavy atom. The molecular formula is C11H14ClNO4S. The molecule has 100 valence electrons. The number of halogens is 1. The van der Waals surface area contributed by atoms with E-state index in [0.717, 1.165) is 0 Å². The predicted molar refractivity (Wildman–Crippen MR) is 70.7 cm³/mol. The number of carbonyl (C=O) groups is 1. The molecule has 0 aromatic heterocycles. The Balaban J connectivity index is 3.04. The summed E-state index contributed by atoms with van der Waals surface area (Å²) in [5, 5.41) is 8.98. The van der Waals surface area contributed by atoms with Gasteiger partial charge in [-0.15, -0.1) is 0 Å². The zero-order valence-electron chi connectivity index (χ0n) is 9.97. The van der Waals surface area contributed by atoms with Gasteiger partial charge in [0.15, 0.2) is 0 Å². The molecule has 18 heavy (non-hydrogen) atoms. The van der Waals surface area contributed by atoms with Gasteiger partial charge in [0.05, 0.1) is 22.0 Å². The Labute approximate surface area is 111 Å². The highest BCUT2D eigenvalue weighted by Crippen LogP contribution is 2.24. The van der Waals surface area contributed by atoms with Crippen molar-refractivity contribution in [3.8, 4) is 0 Å². The quantitative estimate of drug-likeness (QED) is 0.873. The molecule has 0 saturated carbocycles. The molecule has 0 heterocycles. The second-order valence-corrected chi connectivity index (χ2v) is 6.45. The number of hydrogen-bond donors (Lipinski definition) is 2. The number of nitrogens with one attached hydrogen (secondary N) is 1. The predicted octanol–water partition coefficient (Wildman–Crippen LogP) is 2.44. The van der Waals surface area contributed by atoms with Gasteiger partial charge in [-0.2, -0.15) is 0 Å². The van der Waals surface area contributed by atoms with E-state index < -0.39 is 16.0 Å². The fraction of sp³-hybridized carbons (Fsp3) is 0.364. The molecule has 0 fully saturated rings. The molecule has 0 aliphatic heterocycles. The van der Waals surface area contributed by atoms with Crippen LogP contribution in [0.5, 0.6) is 0 Å².